The molecule has 0 N–H and O–H groups in total. The zero-order valence-corrected chi connectivity index (χ0v) is 14.1. The molecule has 3 rings (SSSR count). The van der Waals surface area contributed by atoms with Crippen molar-refractivity contribution in [2.75, 3.05) is 0 Å². The highest BCUT2D eigenvalue weighted by Gasteiger charge is 2.13. The van der Waals surface area contributed by atoms with Gasteiger partial charge in [-0.3, -0.25) is 9.78 Å². The van der Waals surface area contributed by atoms with E-state index in [2.05, 4.69) is 19.9 Å². The fourth-order valence-corrected chi connectivity index (χ4v) is 2.27. The van der Waals surface area contributed by atoms with E-state index in [4.69, 9.17) is 10.00 Å². The van der Waals surface area contributed by atoms with Crippen LogP contribution >= 0.6 is 0 Å². The van der Waals surface area contributed by atoms with Crippen LogP contribution in [0.15, 0.2) is 49.2 Å². The van der Waals surface area contributed by atoms with E-state index in [0.29, 0.717) is 34.9 Å². The quantitative estimate of drug-likeness (QED) is 0.633. The second-order valence-electron chi connectivity index (χ2n) is 5.46. The standard InChI is InChI=1S/C19H15N5O2/c1-2-14-5-16(26-17-10-21-12-22-11-17)7-18(24-14)19(25)6-15-4-3-13(8-20)9-23-15/h3-5,7,9-12H,2,6H2,1H3. The van der Waals surface area contributed by atoms with E-state index in [1.54, 1.807) is 36.7 Å². The molecule has 0 aliphatic carbocycles. The molecule has 128 valence electrons. The van der Waals surface area contributed by atoms with Gasteiger partial charge in [0, 0.05) is 29.7 Å². The van der Waals surface area contributed by atoms with Gasteiger partial charge in [0.15, 0.2) is 11.5 Å². The molecule has 0 unspecified atom stereocenters. The first-order chi connectivity index (χ1) is 12.7. The Bertz CT molecular complexity index is 950. The minimum absolute atomic E-state index is 0.0970. The van der Waals surface area contributed by atoms with E-state index in [-0.39, 0.29) is 12.2 Å². The highest BCUT2D eigenvalue weighted by Crippen LogP contribution is 2.22. The van der Waals surface area contributed by atoms with Crippen LogP contribution in [0.2, 0.25) is 0 Å². The van der Waals surface area contributed by atoms with Crippen molar-refractivity contribution in [3.63, 3.8) is 0 Å². The lowest BCUT2D eigenvalue weighted by Crippen LogP contribution is -2.09. The lowest BCUT2D eigenvalue weighted by atomic mass is 10.1. The van der Waals surface area contributed by atoms with Crippen LogP contribution < -0.4 is 4.74 Å². The van der Waals surface area contributed by atoms with Gasteiger partial charge >= 0.3 is 0 Å². The molecule has 0 amide bonds. The number of carbonyl (C=O) groups is 1. The molecule has 0 bridgehead atoms. The van der Waals surface area contributed by atoms with Gasteiger partial charge < -0.3 is 4.74 Å². The van der Waals surface area contributed by atoms with Crippen LogP contribution in [0.4, 0.5) is 0 Å². The SMILES string of the molecule is CCc1cc(Oc2cncnc2)cc(C(=O)Cc2ccc(C#N)cn2)n1. The molecule has 7 heteroatoms. The van der Waals surface area contributed by atoms with Gasteiger partial charge in [-0.25, -0.2) is 15.0 Å². The third-order valence-corrected chi connectivity index (χ3v) is 3.57. The Labute approximate surface area is 150 Å². The normalized spacial score (nSPS) is 10.2. The average molecular weight is 345 g/mol. The number of nitrogens with zero attached hydrogens (tertiary/aromatic N) is 5. The molecule has 0 aliphatic heterocycles. The Balaban J connectivity index is 1.82. The fourth-order valence-electron chi connectivity index (χ4n) is 2.27. The monoisotopic (exact) mass is 345 g/mol. The number of hydrogen-bond donors (Lipinski definition) is 0. The predicted molar refractivity (Wildman–Crippen MR) is 92.7 cm³/mol. The van der Waals surface area contributed by atoms with Crippen molar-refractivity contribution < 1.29 is 9.53 Å². The highest BCUT2D eigenvalue weighted by atomic mass is 16.5. The molecule has 0 spiro atoms. The average Bonchev–Trinajstić information content (AvgIpc) is 2.69. The van der Waals surface area contributed by atoms with Gasteiger partial charge in [0.05, 0.1) is 24.4 Å². The third-order valence-electron chi connectivity index (χ3n) is 3.57. The van der Waals surface area contributed by atoms with Crippen molar-refractivity contribution in [3.05, 3.63) is 71.8 Å². The number of aryl methyl sites for hydroxylation is 1. The van der Waals surface area contributed by atoms with Gasteiger partial charge in [-0.05, 0) is 18.6 Å². The van der Waals surface area contributed by atoms with Crippen molar-refractivity contribution in [2.45, 2.75) is 19.8 Å². The van der Waals surface area contributed by atoms with Crippen LogP contribution in [0, 0.1) is 11.3 Å². The Morgan fingerprint density at radius 1 is 1.12 bits per heavy atom. The lowest BCUT2D eigenvalue weighted by molar-refractivity contribution is 0.0986. The second kappa shape index (κ2) is 7.94. The number of ether oxygens (including phenoxy) is 1. The second-order valence-corrected chi connectivity index (χ2v) is 5.46. The zero-order chi connectivity index (χ0) is 18.4. The molecule has 3 aromatic heterocycles. The molecule has 0 aliphatic rings. The van der Waals surface area contributed by atoms with Crippen LogP contribution in [0.1, 0.15) is 34.4 Å². The molecule has 0 saturated carbocycles. The fraction of sp³-hybridized carbons (Fsp3) is 0.158. The maximum atomic E-state index is 12.6. The number of Topliss-reactive ketones (excluding diaryl/α,β-unsaturated/α-hetero) is 1. The van der Waals surface area contributed by atoms with E-state index in [0.717, 1.165) is 5.69 Å². The van der Waals surface area contributed by atoms with Crippen LogP contribution in [-0.2, 0) is 12.8 Å². The number of aromatic nitrogens is 4. The van der Waals surface area contributed by atoms with Gasteiger partial charge in [-0.1, -0.05) is 6.92 Å². The molecule has 7 nitrogen and oxygen atoms in total. The summed E-state index contributed by atoms with van der Waals surface area (Å²) in [5.41, 5.74) is 2.09. The molecular weight excluding hydrogens is 330 g/mol. The third kappa shape index (κ3) is 4.24. The summed E-state index contributed by atoms with van der Waals surface area (Å²) in [6.07, 6.45) is 6.71. The molecule has 26 heavy (non-hydrogen) atoms. The first kappa shape index (κ1) is 17.2. The van der Waals surface area contributed by atoms with E-state index < -0.39 is 0 Å². The van der Waals surface area contributed by atoms with Crippen LogP contribution in [0.25, 0.3) is 0 Å². The number of pyridine rings is 2. The Morgan fingerprint density at radius 2 is 1.92 bits per heavy atom. The van der Waals surface area contributed by atoms with Gasteiger partial charge in [0.2, 0.25) is 0 Å². The summed E-state index contributed by atoms with van der Waals surface area (Å²) in [5.74, 6) is 0.808. The number of carbonyl (C=O) groups excluding carboxylic acids is 1. The van der Waals surface area contributed by atoms with E-state index in [9.17, 15) is 4.79 Å². The van der Waals surface area contributed by atoms with E-state index in [1.807, 2.05) is 13.0 Å². The zero-order valence-electron chi connectivity index (χ0n) is 14.1. The van der Waals surface area contributed by atoms with Gasteiger partial charge in [-0.2, -0.15) is 5.26 Å². The van der Waals surface area contributed by atoms with Crippen molar-refractivity contribution in [1.29, 1.82) is 5.26 Å². The van der Waals surface area contributed by atoms with Crippen LogP contribution in [0.3, 0.4) is 0 Å². The largest absolute Gasteiger partial charge is 0.454 e. The summed E-state index contributed by atoms with van der Waals surface area (Å²) in [7, 11) is 0. The Morgan fingerprint density at radius 3 is 2.58 bits per heavy atom. The maximum Gasteiger partial charge on any atom is 0.187 e. The minimum atomic E-state index is -0.174. The molecule has 0 aromatic carbocycles. The highest BCUT2D eigenvalue weighted by molar-refractivity contribution is 5.95. The van der Waals surface area contributed by atoms with Crippen LogP contribution in [0.5, 0.6) is 11.5 Å². The first-order valence-corrected chi connectivity index (χ1v) is 8.00. The Hall–Kier alpha value is -3.66. The first-order valence-electron chi connectivity index (χ1n) is 8.00. The van der Waals surface area contributed by atoms with E-state index >= 15 is 0 Å². The van der Waals surface area contributed by atoms with Gasteiger partial charge in [0.25, 0.3) is 0 Å². The molecular formula is C19H15N5O2. The lowest BCUT2D eigenvalue weighted by Gasteiger charge is -2.09. The number of ketones is 1. The summed E-state index contributed by atoms with van der Waals surface area (Å²) >= 11 is 0. The number of rotatable bonds is 6. The molecule has 3 aromatic rings. The summed E-state index contributed by atoms with van der Waals surface area (Å²) in [6, 6.07) is 8.68. The number of hydrogen-bond acceptors (Lipinski definition) is 7. The van der Waals surface area contributed by atoms with Crippen molar-refractivity contribution in [3.8, 4) is 17.6 Å². The van der Waals surface area contributed by atoms with Crippen molar-refractivity contribution >= 4 is 5.78 Å². The summed E-state index contributed by atoms with van der Waals surface area (Å²) in [6.45, 7) is 1.95. The van der Waals surface area contributed by atoms with E-state index in [1.165, 1.54) is 12.5 Å². The Kier molecular flexibility index (Phi) is 5.25. The van der Waals surface area contributed by atoms with Crippen molar-refractivity contribution in [1.82, 2.24) is 19.9 Å². The molecule has 0 fully saturated rings. The molecule has 0 radical (unpaired) electrons. The maximum absolute atomic E-state index is 12.6. The number of nitriles is 1. The molecule has 0 atom stereocenters. The smallest absolute Gasteiger partial charge is 0.187 e. The van der Waals surface area contributed by atoms with Crippen LogP contribution in [-0.4, -0.2) is 25.7 Å². The summed E-state index contributed by atoms with van der Waals surface area (Å²) in [5, 5.41) is 8.81. The molecule has 3 heterocycles. The van der Waals surface area contributed by atoms with Crippen molar-refractivity contribution in [2.24, 2.45) is 0 Å². The van der Waals surface area contributed by atoms with Gasteiger partial charge in [0.1, 0.15) is 23.8 Å². The van der Waals surface area contributed by atoms with Gasteiger partial charge in [-0.15, -0.1) is 0 Å². The summed E-state index contributed by atoms with van der Waals surface area (Å²) in [4.78, 5) is 28.9. The predicted octanol–water partition coefficient (Wildman–Crippen LogP) is 2.92. The minimum Gasteiger partial charge on any atom is -0.454 e. The summed E-state index contributed by atoms with van der Waals surface area (Å²) < 4.78 is 5.72. The molecule has 0 saturated heterocycles. The topological polar surface area (TPSA) is 102 Å².